The Bertz CT molecular complexity index is 439. The van der Waals surface area contributed by atoms with Crippen molar-refractivity contribution >= 4 is 18.5 Å². The molecule has 1 rings (SSSR count). The Kier molecular flexibility index (Phi) is 5.80. The van der Waals surface area contributed by atoms with Crippen molar-refractivity contribution in [3.05, 3.63) is 35.9 Å². The maximum atomic E-state index is 12.5. The fourth-order valence-corrected chi connectivity index (χ4v) is 3.17. The Morgan fingerprint density at radius 3 is 2.06 bits per heavy atom. The maximum Gasteiger partial charge on any atom is 0.361 e. The van der Waals surface area contributed by atoms with Crippen molar-refractivity contribution in [2.24, 2.45) is 0 Å². The first kappa shape index (κ1) is 15.2. The second kappa shape index (κ2) is 6.89. The molecule has 0 amide bonds. The summed E-state index contributed by atoms with van der Waals surface area (Å²) in [5.74, 6) is 0. The van der Waals surface area contributed by atoms with Gasteiger partial charge < -0.3 is 9.05 Å². The third-order valence-electron chi connectivity index (χ3n) is 2.67. The number of hydrogen-bond donors (Lipinski definition) is 0. The van der Waals surface area contributed by atoms with Gasteiger partial charge in [-0.25, -0.2) is 0 Å². The SMILES string of the molecule is C/C=C(\C)c1ccc(P(=O)(OCC)OCC)cc1. The summed E-state index contributed by atoms with van der Waals surface area (Å²) < 4.78 is 23.1. The molecule has 0 saturated carbocycles. The van der Waals surface area contributed by atoms with Crippen molar-refractivity contribution in [3.8, 4) is 0 Å². The molecule has 4 heteroatoms. The lowest BCUT2D eigenvalue weighted by molar-refractivity contribution is 0.230. The standard InChI is InChI=1S/C14H21O3P/c1-5-12(4)13-8-10-14(11-9-13)18(15,16-6-2)17-7-3/h5,8-11H,6-7H2,1-4H3/b12-5+. The van der Waals surface area contributed by atoms with Crippen molar-refractivity contribution in [2.75, 3.05) is 13.2 Å². The van der Waals surface area contributed by atoms with E-state index in [1.54, 1.807) is 0 Å². The molecule has 0 aromatic heterocycles. The molecule has 0 atom stereocenters. The highest BCUT2D eigenvalue weighted by atomic mass is 31.2. The van der Waals surface area contributed by atoms with Crippen LogP contribution in [0.5, 0.6) is 0 Å². The van der Waals surface area contributed by atoms with Gasteiger partial charge in [0.2, 0.25) is 0 Å². The van der Waals surface area contributed by atoms with Crippen LogP contribution in [-0.4, -0.2) is 13.2 Å². The first-order valence-corrected chi connectivity index (χ1v) is 7.74. The summed E-state index contributed by atoms with van der Waals surface area (Å²) in [7, 11) is -3.15. The molecule has 0 aliphatic carbocycles. The van der Waals surface area contributed by atoms with Gasteiger partial charge in [-0.1, -0.05) is 18.2 Å². The molecule has 0 N–H and O–H groups in total. The summed E-state index contributed by atoms with van der Waals surface area (Å²) >= 11 is 0. The Morgan fingerprint density at radius 1 is 1.17 bits per heavy atom. The highest BCUT2D eigenvalue weighted by molar-refractivity contribution is 7.62. The minimum absolute atomic E-state index is 0.368. The fourth-order valence-electron chi connectivity index (χ4n) is 1.60. The summed E-state index contributed by atoms with van der Waals surface area (Å²) in [5, 5.41) is 0.610. The lowest BCUT2D eigenvalue weighted by Gasteiger charge is -2.17. The van der Waals surface area contributed by atoms with Crippen LogP contribution in [-0.2, 0) is 13.6 Å². The van der Waals surface area contributed by atoms with E-state index in [0.717, 1.165) is 5.56 Å². The second-order valence-electron chi connectivity index (χ2n) is 3.85. The van der Waals surface area contributed by atoms with Crippen LogP contribution in [0.25, 0.3) is 5.57 Å². The van der Waals surface area contributed by atoms with Gasteiger partial charge in [0.25, 0.3) is 0 Å². The molecule has 0 aliphatic heterocycles. The molecule has 0 spiro atoms. The Balaban J connectivity index is 3.05. The fraction of sp³-hybridized carbons (Fsp3) is 0.429. The van der Waals surface area contributed by atoms with Crippen LogP contribution >= 0.6 is 7.60 Å². The average molecular weight is 268 g/mol. The minimum atomic E-state index is -3.15. The summed E-state index contributed by atoms with van der Waals surface area (Å²) in [6.45, 7) is 8.39. The van der Waals surface area contributed by atoms with Gasteiger partial charge in [-0.15, -0.1) is 0 Å². The first-order valence-electron chi connectivity index (χ1n) is 6.20. The van der Waals surface area contributed by atoms with E-state index in [4.69, 9.17) is 9.05 Å². The van der Waals surface area contributed by atoms with E-state index < -0.39 is 7.60 Å². The van der Waals surface area contributed by atoms with Crippen LogP contribution in [0.4, 0.5) is 0 Å². The van der Waals surface area contributed by atoms with Gasteiger partial charge in [0, 0.05) is 0 Å². The summed E-state index contributed by atoms with van der Waals surface area (Å²) in [5.41, 5.74) is 2.30. The largest absolute Gasteiger partial charge is 0.361 e. The van der Waals surface area contributed by atoms with Crippen LogP contribution in [0.1, 0.15) is 33.3 Å². The predicted octanol–water partition coefficient (Wildman–Crippen LogP) is 4.00. The van der Waals surface area contributed by atoms with E-state index in [1.807, 2.05) is 58.0 Å². The molecular formula is C14H21O3P. The third-order valence-corrected chi connectivity index (χ3v) is 4.80. The molecule has 0 heterocycles. The van der Waals surface area contributed by atoms with E-state index in [-0.39, 0.29) is 0 Å². The molecule has 18 heavy (non-hydrogen) atoms. The maximum absolute atomic E-state index is 12.5. The van der Waals surface area contributed by atoms with Crippen molar-refractivity contribution in [1.29, 1.82) is 0 Å². The molecular weight excluding hydrogens is 247 g/mol. The zero-order valence-electron chi connectivity index (χ0n) is 11.5. The molecule has 3 nitrogen and oxygen atoms in total. The number of hydrogen-bond acceptors (Lipinski definition) is 3. The summed E-state index contributed by atoms with van der Waals surface area (Å²) in [6, 6.07) is 7.51. The Labute approximate surface area is 109 Å². The van der Waals surface area contributed by atoms with Gasteiger partial charge in [-0.3, -0.25) is 4.57 Å². The van der Waals surface area contributed by atoms with Crippen LogP contribution in [0, 0.1) is 0 Å². The highest BCUT2D eigenvalue weighted by Gasteiger charge is 2.26. The molecule has 0 bridgehead atoms. The van der Waals surface area contributed by atoms with Crippen LogP contribution in [0.2, 0.25) is 0 Å². The highest BCUT2D eigenvalue weighted by Crippen LogP contribution is 2.46. The molecule has 0 radical (unpaired) electrons. The van der Waals surface area contributed by atoms with Gasteiger partial charge in [-0.05, 0) is 51.0 Å². The molecule has 100 valence electrons. The second-order valence-corrected chi connectivity index (χ2v) is 5.88. The summed E-state index contributed by atoms with van der Waals surface area (Å²) in [6.07, 6.45) is 2.04. The Hall–Kier alpha value is -0.890. The van der Waals surface area contributed by atoms with Gasteiger partial charge in [0.15, 0.2) is 0 Å². The van der Waals surface area contributed by atoms with Crippen molar-refractivity contribution in [2.45, 2.75) is 27.7 Å². The van der Waals surface area contributed by atoms with E-state index in [1.165, 1.54) is 5.57 Å². The van der Waals surface area contributed by atoms with E-state index in [2.05, 4.69) is 0 Å². The predicted molar refractivity (Wildman–Crippen MR) is 76.3 cm³/mol. The van der Waals surface area contributed by atoms with Gasteiger partial charge in [0.05, 0.1) is 18.5 Å². The van der Waals surface area contributed by atoms with Gasteiger partial charge in [-0.2, -0.15) is 0 Å². The topological polar surface area (TPSA) is 35.5 Å². The smallest absolute Gasteiger partial charge is 0.305 e. The lowest BCUT2D eigenvalue weighted by atomic mass is 10.1. The van der Waals surface area contributed by atoms with E-state index in [0.29, 0.717) is 18.5 Å². The first-order chi connectivity index (χ1) is 8.57. The quantitative estimate of drug-likeness (QED) is 0.731. The zero-order chi connectivity index (χ0) is 13.6. The van der Waals surface area contributed by atoms with E-state index >= 15 is 0 Å². The summed E-state index contributed by atoms with van der Waals surface area (Å²) in [4.78, 5) is 0. The lowest BCUT2D eigenvalue weighted by Crippen LogP contribution is -2.10. The van der Waals surface area contributed by atoms with Gasteiger partial charge in [0.1, 0.15) is 0 Å². The van der Waals surface area contributed by atoms with E-state index in [9.17, 15) is 4.57 Å². The normalized spacial score (nSPS) is 12.8. The zero-order valence-corrected chi connectivity index (χ0v) is 12.4. The molecule has 0 fully saturated rings. The molecule has 1 aromatic rings. The number of rotatable bonds is 6. The molecule has 0 aliphatic rings. The number of benzene rings is 1. The molecule has 0 saturated heterocycles. The molecule has 1 aromatic carbocycles. The van der Waals surface area contributed by atoms with Gasteiger partial charge >= 0.3 is 7.60 Å². The monoisotopic (exact) mass is 268 g/mol. The van der Waals surface area contributed by atoms with Crippen LogP contribution < -0.4 is 5.30 Å². The Morgan fingerprint density at radius 2 is 1.67 bits per heavy atom. The molecule has 0 unspecified atom stereocenters. The van der Waals surface area contributed by atoms with Crippen molar-refractivity contribution < 1.29 is 13.6 Å². The average Bonchev–Trinajstić information content (AvgIpc) is 2.38. The van der Waals surface area contributed by atoms with Crippen LogP contribution in [0.3, 0.4) is 0 Å². The van der Waals surface area contributed by atoms with Crippen molar-refractivity contribution in [1.82, 2.24) is 0 Å². The minimum Gasteiger partial charge on any atom is -0.305 e. The third kappa shape index (κ3) is 3.55. The van der Waals surface area contributed by atoms with Crippen LogP contribution in [0.15, 0.2) is 30.3 Å². The number of allylic oxidation sites excluding steroid dienone is 2. The van der Waals surface area contributed by atoms with Crippen molar-refractivity contribution in [3.63, 3.8) is 0 Å².